The number of nitrogens with one attached hydrogen (secondary N) is 3. The van der Waals surface area contributed by atoms with Crippen LogP contribution in [0, 0.1) is 0 Å². The summed E-state index contributed by atoms with van der Waals surface area (Å²) >= 11 is 0. The zero-order valence-corrected chi connectivity index (χ0v) is 43.6. The highest BCUT2D eigenvalue weighted by Crippen LogP contribution is 2.72. The number of phosphoric acid groups is 1. The first-order valence-corrected chi connectivity index (χ1v) is 29.5. The van der Waals surface area contributed by atoms with E-state index in [1.54, 1.807) is 0 Å². The minimum absolute atomic E-state index is 0.0108. The van der Waals surface area contributed by atoms with E-state index in [4.69, 9.17) is 13.6 Å². The lowest BCUT2D eigenvalue weighted by molar-refractivity contribution is -0.203. The number of nitrogens with zero attached hydrogens (tertiary/aromatic N) is 3. The van der Waals surface area contributed by atoms with Crippen LogP contribution in [0.15, 0.2) is 164 Å². The van der Waals surface area contributed by atoms with E-state index < -0.39 is 25.0 Å². The predicted molar refractivity (Wildman–Crippen MR) is 308 cm³/mol. The molecule has 0 spiro atoms. The highest BCUT2D eigenvalue weighted by Gasteiger charge is 2.65. The van der Waals surface area contributed by atoms with Crippen LogP contribution < -0.4 is 16.0 Å². The van der Waals surface area contributed by atoms with Gasteiger partial charge in [0.05, 0.1) is 18.1 Å². The predicted octanol–water partition coefficient (Wildman–Crippen LogP) is 11.8. The van der Waals surface area contributed by atoms with E-state index in [-0.39, 0.29) is 18.1 Å². The fraction of sp³-hybridized carbons (Fsp3) is 0.273. The van der Waals surface area contributed by atoms with Gasteiger partial charge in [-0.3, -0.25) is 28.3 Å². The van der Waals surface area contributed by atoms with Crippen LogP contribution in [0.3, 0.4) is 0 Å². The van der Waals surface area contributed by atoms with Crippen molar-refractivity contribution < 1.29 is 18.1 Å². The number of rotatable bonds is 6. The maximum atomic E-state index is 18.6. The summed E-state index contributed by atoms with van der Waals surface area (Å²) in [7, 11) is -4.91. The van der Waals surface area contributed by atoms with Gasteiger partial charge in [0.1, 0.15) is 0 Å². The number of fused-ring (bicyclic) bond motifs is 9. The van der Waals surface area contributed by atoms with E-state index in [0.717, 1.165) is 121 Å². The number of piperazine rings is 3. The van der Waals surface area contributed by atoms with Crippen molar-refractivity contribution in [2.75, 3.05) is 58.9 Å². The van der Waals surface area contributed by atoms with E-state index in [1.165, 1.54) is 32.9 Å². The summed E-state index contributed by atoms with van der Waals surface area (Å²) < 4.78 is 43.4. The second-order valence-electron chi connectivity index (χ2n) is 23.1. The van der Waals surface area contributed by atoms with Crippen molar-refractivity contribution in [3.63, 3.8) is 0 Å². The van der Waals surface area contributed by atoms with Gasteiger partial charge in [-0.15, -0.1) is 0 Å². The van der Waals surface area contributed by atoms with Gasteiger partial charge in [0, 0.05) is 94.9 Å². The Kier molecular flexibility index (Phi) is 9.21. The molecule has 9 aliphatic heterocycles. The standard InChI is InChI=1S/C66H57N6O4P/c73-77(74-64-22-19-49(58-37-67-25-28-70(58)64)52-16-13-46-31-40-7-1-4-10-43(40)34-55(46)61(52)64,75-65-23-20-50(59-38-68-26-29-71(59)65)53-17-14-47-32-41-8-2-5-11-44(41)35-56(47)62(53)65)76-66-24-21-51(60-39-69-27-30-72(60)66)54-18-15-48-33-42-9-3-6-12-45(42)36-57(48)63(54)66/h1-21,31-36,58-60,67-69H,22-30,37-39H2. The topological polar surface area (TPSA) is 90.6 Å². The molecule has 10 nitrogen and oxygen atoms in total. The summed E-state index contributed by atoms with van der Waals surface area (Å²) in [5, 5.41) is 25.0. The molecule has 9 aromatic carbocycles. The first-order valence-electron chi connectivity index (χ1n) is 28.0. The quantitative estimate of drug-likeness (QED) is 0.111. The molecule has 11 heteroatoms. The summed E-state index contributed by atoms with van der Waals surface area (Å²) in [5.74, 6) is 0. The second-order valence-corrected chi connectivity index (χ2v) is 24.6. The van der Waals surface area contributed by atoms with Crippen molar-refractivity contribution in [2.24, 2.45) is 0 Å². The number of hydrogen-bond acceptors (Lipinski definition) is 10. The molecule has 9 heterocycles. The van der Waals surface area contributed by atoms with Crippen LogP contribution in [0.25, 0.3) is 81.4 Å². The van der Waals surface area contributed by atoms with E-state index in [0.29, 0.717) is 38.9 Å². The molecule has 3 saturated heterocycles. The van der Waals surface area contributed by atoms with Crippen LogP contribution in [0.1, 0.15) is 52.6 Å². The Bertz CT molecular complexity index is 3860. The Morgan fingerprint density at radius 3 is 1.00 bits per heavy atom. The Hall–Kier alpha value is -6.37. The van der Waals surface area contributed by atoms with Crippen LogP contribution in [-0.4, -0.2) is 91.7 Å². The molecule has 77 heavy (non-hydrogen) atoms. The smallest absolute Gasteiger partial charge is 0.314 e. The molecule has 6 atom stereocenters. The number of hydrogen-bond donors (Lipinski definition) is 3. The molecule has 0 amide bonds. The summed E-state index contributed by atoms with van der Waals surface area (Å²) in [5.41, 5.74) is 6.79. The van der Waals surface area contributed by atoms with Gasteiger partial charge in [0.2, 0.25) is 0 Å². The number of benzene rings is 9. The molecule has 9 aromatic rings. The molecule has 3 fully saturated rings. The van der Waals surface area contributed by atoms with Gasteiger partial charge in [0.15, 0.2) is 17.2 Å². The third-order valence-electron chi connectivity index (χ3n) is 19.5. The van der Waals surface area contributed by atoms with Gasteiger partial charge < -0.3 is 16.0 Å². The highest BCUT2D eigenvalue weighted by atomic mass is 31.2. The minimum Gasteiger partial charge on any atom is -0.314 e. The van der Waals surface area contributed by atoms with Crippen molar-refractivity contribution in [1.82, 2.24) is 30.7 Å². The molecule has 0 saturated carbocycles. The third kappa shape index (κ3) is 5.99. The van der Waals surface area contributed by atoms with Gasteiger partial charge in [-0.05, 0) is 134 Å². The summed E-state index contributed by atoms with van der Waals surface area (Å²) in [6, 6.07) is 53.5. The third-order valence-corrected chi connectivity index (χ3v) is 21.1. The van der Waals surface area contributed by atoms with Crippen molar-refractivity contribution in [2.45, 2.75) is 54.6 Å². The molecule has 380 valence electrons. The van der Waals surface area contributed by atoms with Gasteiger partial charge in [-0.25, -0.2) is 4.57 Å². The van der Waals surface area contributed by atoms with Crippen LogP contribution in [0.5, 0.6) is 0 Å². The normalized spacial score (nSPS) is 28.9. The van der Waals surface area contributed by atoms with Gasteiger partial charge in [-0.1, -0.05) is 127 Å². The van der Waals surface area contributed by atoms with Crippen LogP contribution >= 0.6 is 7.82 Å². The maximum absolute atomic E-state index is 18.6. The largest absolute Gasteiger partial charge is 0.481 e. The zero-order valence-electron chi connectivity index (χ0n) is 42.7. The van der Waals surface area contributed by atoms with Crippen molar-refractivity contribution in [3.05, 3.63) is 197 Å². The Balaban J connectivity index is 0.921. The molecule has 3 aliphatic carbocycles. The fourth-order valence-corrected chi connectivity index (χ4v) is 18.4. The minimum atomic E-state index is -4.91. The van der Waals surface area contributed by atoms with E-state index >= 15 is 4.57 Å². The van der Waals surface area contributed by atoms with E-state index in [2.05, 4.69) is 194 Å². The maximum Gasteiger partial charge on any atom is 0.481 e. The molecular weight excluding hydrogens is 972 g/mol. The lowest BCUT2D eigenvalue weighted by Crippen LogP contribution is -2.67. The lowest BCUT2D eigenvalue weighted by atomic mass is 9.72. The fourth-order valence-electron chi connectivity index (χ4n) is 16.4. The second kappa shape index (κ2) is 15.9. The molecule has 3 N–H and O–H groups in total. The van der Waals surface area contributed by atoms with Crippen molar-refractivity contribution >= 4 is 89.2 Å². The Morgan fingerprint density at radius 2 is 0.688 bits per heavy atom. The van der Waals surface area contributed by atoms with Gasteiger partial charge in [-0.2, -0.15) is 0 Å². The molecule has 0 aromatic heterocycles. The Labute approximate surface area is 446 Å². The summed E-state index contributed by atoms with van der Waals surface area (Å²) in [4.78, 5) is 7.57. The van der Waals surface area contributed by atoms with Crippen LogP contribution in [0.4, 0.5) is 0 Å². The summed E-state index contributed by atoms with van der Waals surface area (Å²) in [6.45, 7) is 6.64. The molecular formula is C66H57N6O4P. The van der Waals surface area contributed by atoms with Gasteiger partial charge in [0.25, 0.3) is 0 Å². The first-order chi connectivity index (χ1) is 37.9. The van der Waals surface area contributed by atoms with Crippen LogP contribution in [0.2, 0.25) is 0 Å². The van der Waals surface area contributed by atoms with Crippen molar-refractivity contribution in [3.8, 4) is 0 Å². The average molecular weight is 1030 g/mol. The molecule has 6 unspecified atom stereocenters. The SMILES string of the molecule is O=P(OC12CC=C(c3ccc4cc5ccccc5cc4c31)C1CNCCN12)(OC12CC=C(c3ccc4cc5ccccc5cc4c31)C1CNCCN12)OC12CC=C(c3ccc4cc5ccccc5cc4c31)C1CNCCN12. The molecule has 0 radical (unpaired) electrons. The highest BCUT2D eigenvalue weighted by molar-refractivity contribution is 7.48. The zero-order chi connectivity index (χ0) is 50.4. The van der Waals surface area contributed by atoms with E-state index in [1.807, 2.05) is 0 Å². The molecule has 21 rings (SSSR count). The van der Waals surface area contributed by atoms with Crippen LogP contribution in [-0.2, 0) is 35.3 Å². The van der Waals surface area contributed by atoms with Gasteiger partial charge >= 0.3 is 7.82 Å². The monoisotopic (exact) mass is 1030 g/mol. The lowest BCUT2D eigenvalue weighted by Gasteiger charge is -2.61. The number of phosphoric ester groups is 1. The molecule has 6 bridgehead atoms. The Morgan fingerprint density at radius 1 is 0.390 bits per heavy atom. The first kappa shape index (κ1) is 44.6. The summed E-state index contributed by atoms with van der Waals surface area (Å²) in [6.07, 6.45) is 8.59. The molecule has 12 aliphatic rings. The van der Waals surface area contributed by atoms with E-state index in [9.17, 15) is 0 Å². The average Bonchev–Trinajstić information content (AvgIpc) is 3.58. The van der Waals surface area contributed by atoms with Crippen molar-refractivity contribution in [1.29, 1.82) is 0 Å².